The molecule has 2 aliphatic heterocycles. The van der Waals surface area contributed by atoms with Gasteiger partial charge in [-0.15, -0.1) is 23.4 Å². The third-order valence-corrected chi connectivity index (χ3v) is 11.8. The highest BCUT2D eigenvalue weighted by molar-refractivity contribution is 7.99. The molecule has 13 nitrogen and oxygen atoms in total. The van der Waals surface area contributed by atoms with E-state index in [0.717, 1.165) is 39.3 Å². The van der Waals surface area contributed by atoms with E-state index in [1.807, 2.05) is 48.5 Å². The number of fused-ring (bicyclic) bond motifs is 1. The number of allylic oxidation sites excluding steroid dienone is 1. The van der Waals surface area contributed by atoms with Crippen molar-refractivity contribution >= 4 is 64.0 Å². The Bertz CT molecular complexity index is 2220. The van der Waals surface area contributed by atoms with E-state index in [4.69, 9.17) is 35.3 Å². The summed E-state index contributed by atoms with van der Waals surface area (Å²) in [6.07, 6.45) is 1.15. The molecule has 0 radical (unpaired) electrons. The van der Waals surface area contributed by atoms with E-state index in [9.17, 15) is 24.0 Å². The highest BCUT2D eigenvalue weighted by Gasteiger charge is 2.45. The van der Waals surface area contributed by atoms with E-state index >= 15 is 0 Å². The first-order valence-electron chi connectivity index (χ1n) is 21.4. The van der Waals surface area contributed by atoms with Gasteiger partial charge >= 0.3 is 0 Å². The van der Waals surface area contributed by atoms with E-state index < -0.39 is 29.7 Å². The zero-order valence-corrected chi connectivity index (χ0v) is 37.5. The SMILES string of the molecule is CN(CCOc1ccc(/C(=C(/CCCl)c2ccccc2)c2ccccc2)cc1)C(=O)CCOCCOCCOCCOCCSc1cccc2c1C(=O)N(C1CCC(=O)NC1=O)C2=O. The van der Waals surface area contributed by atoms with Crippen molar-refractivity contribution in [3.8, 4) is 5.75 Å². The van der Waals surface area contributed by atoms with Crippen LogP contribution in [0.25, 0.3) is 11.1 Å². The fourth-order valence-electron chi connectivity index (χ4n) is 7.34. The summed E-state index contributed by atoms with van der Waals surface area (Å²) in [4.78, 5) is 66.1. The van der Waals surface area contributed by atoms with Crippen molar-refractivity contribution < 1.29 is 47.7 Å². The minimum atomic E-state index is -1.00. The molecule has 0 saturated carbocycles. The molecule has 0 aliphatic carbocycles. The maximum atomic E-state index is 13.2. The number of hydrogen-bond donors (Lipinski definition) is 1. The van der Waals surface area contributed by atoms with Crippen LogP contribution in [-0.4, -0.2) is 130 Å². The molecule has 0 spiro atoms. The fourth-order valence-corrected chi connectivity index (χ4v) is 8.46. The zero-order valence-electron chi connectivity index (χ0n) is 36.0. The van der Waals surface area contributed by atoms with Crippen molar-refractivity contribution in [3.05, 3.63) is 131 Å². The molecule has 6 rings (SSSR count). The molecule has 1 saturated heterocycles. The predicted molar refractivity (Wildman–Crippen MR) is 245 cm³/mol. The van der Waals surface area contributed by atoms with Crippen molar-refractivity contribution in [2.75, 3.05) is 84.7 Å². The van der Waals surface area contributed by atoms with Gasteiger partial charge in [-0.05, 0) is 64.9 Å². The third-order valence-electron chi connectivity index (χ3n) is 10.6. The maximum Gasteiger partial charge on any atom is 0.263 e. The summed E-state index contributed by atoms with van der Waals surface area (Å²) in [6.45, 7) is 3.73. The smallest absolute Gasteiger partial charge is 0.263 e. The molecule has 0 aromatic heterocycles. The quantitative estimate of drug-likeness (QED) is 0.0234. The van der Waals surface area contributed by atoms with E-state index in [-0.39, 0.29) is 42.9 Å². The number of carbonyl (C=O) groups excluding carboxylic acids is 5. The fraction of sp³-hybridized carbons (Fsp3) is 0.367. The zero-order chi connectivity index (χ0) is 45.1. The molecule has 4 aromatic rings. The predicted octanol–water partition coefficient (Wildman–Crippen LogP) is 6.76. The number of rotatable bonds is 26. The molecule has 2 aliphatic rings. The number of nitrogens with zero attached hydrogens (tertiary/aromatic N) is 2. The Labute approximate surface area is 383 Å². The number of halogens is 1. The van der Waals surface area contributed by atoms with Crippen LogP contribution < -0.4 is 10.1 Å². The van der Waals surface area contributed by atoms with Gasteiger partial charge in [0.2, 0.25) is 17.7 Å². The summed E-state index contributed by atoms with van der Waals surface area (Å²) in [5.74, 6) is -0.378. The van der Waals surface area contributed by atoms with E-state index in [1.165, 1.54) is 17.3 Å². The molecule has 1 fully saturated rings. The summed E-state index contributed by atoms with van der Waals surface area (Å²) < 4.78 is 28.4. The minimum absolute atomic E-state index is 0.0343. The average Bonchev–Trinajstić information content (AvgIpc) is 3.57. The Balaban J connectivity index is 0.784. The lowest BCUT2D eigenvalue weighted by Gasteiger charge is -2.27. The second kappa shape index (κ2) is 25.2. The maximum absolute atomic E-state index is 13.2. The number of amides is 5. The Morgan fingerprint density at radius 2 is 1.31 bits per heavy atom. The average molecular weight is 913 g/mol. The number of hydrogen-bond acceptors (Lipinski definition) is 11. The number of ether oxygens (including phenoxy) is 5. The van der Waals surface area contributed by atoms with Crippen LogP contribution in [0.2, 0.25) is 0 Å². The molecule has 1 unspecified atom stereocenters. The van der Waals surface area contributed by atoms with Crippen LogP contribution in [0.1, 0.15) is 63.1 Å². The van der Waals surface area contributed by atoms with Gasteiger partial charge in [0.25, 0.3) is 11.8 Å². The number of alkyl halides is 1. The monoisotopic (exact) mass is 911 g/mol. The molecule has 5 amide bonds. The van der Waals surface area contributed by atoms with Gasteiger partial charge in [-0.3, -0.25) is 34.2 Å². The molecule has 338 valence electrons. The first kappa shape index (κ1) is 48.1. The summed E-state index contributed by atoms with van der Waals surface area (Å²) >= 11 is 7.69. The van der Waals surface area contributed by atoms with Crippen LogP contribution in [0, 0.1) is 0 Å². The number of likely N-dealkylation sites (N-methyl/N-ethyl adjacent to an activating group) is 1. The highest BCUT2D eigenvalue weighted by atomic mass is 35.5. The number of thioether (sulfide) groups is 1. The Kier molecular flexibility index (Phi) is 19.0. The van der Waals surface area contributed by atoms with Crippen molar-refractivity contribution in [1.82, 2.24) is 15.1 Å². The van der Waals surface area contributed by atoms with Crippen molar-refractivity contribution in [3.63, 3.8) is 0 Å². The van der Waals surface area contributed by atoms with Gasteiger partial charge in [0.15, 0.2) is 0 Å². The molecule has 1 N–H and O–H groups in total. The molecule has 64 heavy (non-hydrogen) atoms. The number of nitrogens with one attached hydrogen (secondary N) is 1. The van der Waals surface area contributed by atoms with Gasteiger partial charge in [0.05, 0.1) is 76.9 Å². The van der Waals surface area contributed by atoms with Crippen molar-refractivity contribution in [2.24, 2.45) is 0 Å². The first-order chi connectivity index (χ1) is 31.3. The molecular weight excluding hydrogens is 858 g/mol. The minimum Gasteiger partial charge on any atom is -0.492 e. The molecule has 1 atom stereocenters. The first-order valence-corrected chi connectivity index (χ1v) is 22.9. The molecule has 15 heteroatoms. The summed E-state index contributed by atoms with van der Waals surface area (Å²) in [6, 6.07) is 32.8. The molecular formula is C49H54ClN3O10S. The lowest BCUT2D eigenvalue weighted by atomic mass is 9.88. The Morgan fingerprint density at radius 1 is 0.703 bits per heavy atom. The number of benzene rings is 4. The lowest BCUT2D eigenvalue weighted by Crippen LogP contribution is -2.54. The van der Waals surface area contributed by atoms with Gasteiger partial charge in [-0.25, -0.2) is 0 Å². The van der Waals surface area contributed by atoms with Gasteiger partial charge in [0, 0.05) is 30.0 Å². The third kappa shape index (κ3) is 13.3. The van der Waals surface area contributed by atoms with Crippen LogP contribution in [0.4, 0.5) is 0 Å². The standard InChI is InChI=1S/C49H54ClN3O10S/c1-52(24-26-63-38-17-15-37(16-18-38)45(36-11-6-3-7-12-36)39(21-23-50)35-9-4-2-5-10-35)44(55)22-25-59-27-28-60-29-30-61-31-32-62-33-34-64-42-14-8-13-40-46(42)49(58)53(48(40)57)41-19-20-43(54)51-47(41)56/h2-18,41H,19-34H2,1H3,(H,51,54,56)/b45-39-. The van der Waals surface area contributed by atoms with Crippen molar-refractivity contribution in [1.29, 1.82) is 0 Å². The van der Waals surface area contributed by atoms with E-state index in [1.54, 1.807) is 30.1 Å². The van der Waals surface area contributed by atoms with Crippen LogP contribution in [0.5, 0.6) is 5.75 Å². The Morgan fingerprint density at radius 3 is 1.95 bits per heavy atom. The van der Waals surface area contributed by atoms with Gasteiger partial charge < -0.3 is 28.6 Å². The van der Waals surface area contributed by atoms with Crippen LogP contribution in [0.3, 0.4) is 0 Å². The van der Waals surface area contributed by atoms with E-state index in [0.29, 0.717) is 75.9 Å². The summed E-state index contributed by atoms with van der Waals surface area (Å²) in [7, 11) is 1.75. The highest BCUT2D eigenvalue weighted by Crippen LogP contribution is 2.36. The van der Waals surface area contributed by atoms with Crippen LogP contribution >= 0.6 is 23.4 Å². The molecule has 4 aromatic carbocycles. The van der Waals surface area contributed by atoms with Crippen molar-refractivity contribution in [2.45, 2.75) is 36.6 Å². The summed E-state index contributed by atoms with van der Waals surface area (Å²) in [5.41, 5.74) is 6.17. The largest absolute Gasteiger partial charge is 0.492 e. The Hall–Kier alpha value is -5.35. The number of piperidine rings is 1. The topological polar surface area (TPSA) is 150 Å². The van der Waals surface area contributed by atoms with Crippen LogP contribution in [-0.2, 0) is 33.3 Å². The second-order valence-electron chi connectivity index (χ2n) is 14.9. The second-order valence-corrected chi connectivity index (χ2v) is 16.4. The molecule has 2 heterocycles. The van der Waals surface area contributed by atoms with Gasteiger partial charge in [-0.1, -0.05) is 78.9 Å². The number of carbonyl (C=O) groups is 5. The van der Waals surface area contributed by atoms with E-state index in [2.05, 4.69) is 41.7 Å². The van der Waals surface area contributed by atoms with Gasteiger partial charge in [-0.2, -0.15) is 0 Å². The van der Waals surface area contributed by atoms with Crippen LogP contribution in [0.15, 0.2) is 108 Å². The lowest BCUT2D eigenvalue weighted by molar-refractivity contribution is -0.136. The van der Waals surface area contributed by atoms with Gasteiger partial charge in [0.1, 0.15) is 18.4 Å². The summed E-state index contributed by atoms with van der Waals surface area (Å²) in [5, 5.41) is 2.21. The molecule has 0 bridgehead atoms. The normalized spacial score (nSPS) is 15.2. The number of imide groups is 2.